The van der Waals surface area contributed by atoms with Gasteiger partial charge in [-0.15, -0.1) is 12.4 Å². The average molecular weight is 324 g/mol. The number of nitrogens with zero attached hydrogens (tertiary/aromatic N) is 1. The van der Waals surface area contributed by atoms with Gasteiger partial charge in [0, 0.05) is 17.1 Å². The van der Waals surface area contributed by atoms with Crippen LogP contribution in [0.3, 0.4) is 0 Å². The van der Waals surface area contributed by atoms with Crippen LogP contribution in [0, 0.1) is 5.92 Å². The minimum atomic E-state index is -0.881. The Bertz CT molecular complexity index is 635. The van der Waals surface area contributed by atoms with Gasteiger partial charge in [0.15, 0.2) is 0 Å². The number of carboxylic acid groups (broad SMARTS) is 1. The predicted octanol–water partition coefficient (Wildman–Crippen LogP) is 2.31. The largest absolute Gasteiger partial charge is 0.478 e. The molecule has 0 saturated carbocycles. The van der Waals surface area contributed by atoms with Crippen molar-refractivity contribution < 1.29 is 9.90 Å². The Morgan fingerprint density at radius 1 is 1.32 bits per heavy atom. The molecule has 1 aromatic carbocycles. The summed E-state index contributed by atoms with van der Waals surface area (Å²) >= 11 is 0. The first-order valence-electron chi connectivity index (χ1n) is 7.47. The van der Waals surface area contributed by atoms with Crippen molar-refractivity contribution in [2.75, 3.05) is 19.6 Å². The van der Waals surface area contributed by atoms with Crippen LogP contribution in [0.4, 0.5) is 0 Å². The highest BCUT2D eigenvalue weighted by Crippen LogP contribution is 2.17. The average Bonchev–Trinajstić information content (AvgIpc) is 2.91. The van der Waals surface area contributed by atoms with E-state index in [0.717, 1.165) is 43.1 Å². The molecule has 6 heteroatoms. The van der Waals surface area contributed by atoms with Gasteiger partial charge >= 0.3 is 5.97 Å². The van der Waals surface area contributed by atoms with Crippen LogP contribution in [-0.4, -0.2) is 35.3 Å². The number of fused-ring (bicyclic) bond motifs is 1. The fourth-order valence-corrected chi connectivity index (χ4v) is 2.95. The van der Waals surface area contributed by atoms with Crippen molar-refractivity contribution in [3.05, 3.63) is 36.0 Å². The number of carboxylic acids is 1. The molecule has 5 nitrogen and oxygen atoms in total. The number of halogens is 1. The van der Waals surface area contributed by atoms with Gasteiger partial charge in [-0.3, -0.25) is 5.32 Å². The smallest absolute Gasteiger partial charge is 0.335 e. The van der Waals surface area contributed by atoms with Crippen molar-refractivity contribution >= 4 is 29.3 Å². The Kier molecular flexibility index (Phi) is 5.83. The third kappa shape index (κ3) is 3.80. The minimum Gasteiger partial charge on any atom is -0.478 e. The third-order valence-corrected chi connectivity index (χ3v) is 4.19. The zero-order chi connectivity index (χ0) is 14.7. The van der Waals surface area contributed by atoms with E-state index in [0.29, 0.717) is 5.56 Å². The van der Waals surface area contributed by atoms with Crippen molar-refractivity contribution in [1.29, 1.82) is 0 Å². The molecule has 1 aromatic heterocycles. The summed E-state index contributed by atoms with van der Waals surface area (Å²) in [6.45, 7) is 4.04. The van der Waals surface area contributed by atoms with E-state index in [4.69, 9.17) is 5.11 Å². The second-order valence-corrected chi connectivity index (χ2v) is 5.67. The van der Waals surface area contributed by atoms with Crippen LogP contribution in [0.2, 0.25) is 0 Å². The first-order chi connectivity index (χ1) is 10.2. The van der Waals surface area contributed by atoms with Crippen LogP contribution in [0.15, 0.2) is 30.5 Å². The molecule has 0 radical (unpaired) electrons. The van der Waals surface area contributed by atoms with Gasteiger partial charge in [0.25, 0.3) is 0 Å². The third-order valence-electron chi connectivity index (χ3n) is 4.19. The molecule has 1 fully saturated rings. The van der Waals surface area contributed by atoms with Crippen LogP contribution >= 0.6 is 12.4 Å². The second kappa shape index (κ2) is 7.63. The number of carbonyl (C=O) groups is 1. The fraction of sp³-hybridized carbons (Fsp3) is 0.438. The highest BCUT2D eigenvalue weighted by Gasteiger charge is 2.12. The minimum absolute atomic E-state index is 0. The van der Waals surface area contributed by atoms with E-state index in [1.807, 2.05) is 18.3 Å². The maximum atomic E-state index is 11.0. The molecular weight excluding hydrogens is 302 g/mol. The summed E-state index contributed by atoms with van der Waals surface area (Å²) in [5.74, 6) is -0.125. The van der Waals surface area contributed by atoms with Gasteiger partial charge in [-0.2, -0.15) is 0 Å². The Morgan fingerprint density at radius 3 is 2.82 bits per heavy atom. The van der Waals surface area contributed by atoms with Crippen molar-refractivity contribution in [2.45, 2.75) is 19.5 Å². The van der Waals surface area contributed by atoms with Crippen LogP contribution in [-0.2, 0) is 6.67 Å². The van der Waals surface area contributed by atoms with Crippen molar-refractivity contribution in [3.8, 4) is 0 Å². The number of piperidine rings is 1. The number of hydrogen-bond donors (Lipinski definition) is 3. The van der Waals surface area contributed by atoms with Crippen molar-refractivity contribution in [1.82, 2.24) is 15.2 Å². The van der Waals surface area contributed by atoms with Gasteiger partial charge in [0.1, 0.15) is 0 Å². The number of benzene rings is 1. The van der Waals surface area contributed by atoms with E-state index < -0.39 is 5.97 Å². The molecule has 0 aliphatic carbocycles. The van der Waals surface area contributed by atoms with Crippen molar-refractivity contribution in [2.24, 2.45) is 5.92 Å². The molecule has 22 heavy (non-hydrogen) atoms. The number of aromatic nitrogens is 1. The summed E-state index contributed by atoms with van der Waals surface area (Å²) in [5.41, 5.74) is 1.40. The predicted molar refractivity (Wildman–Crippen MR) is 89.7 cm³/mol. The molecule has 0 spiro atoms. The van der Waals surface area contributed by atoms with E-state index in [1.54, 1.807) is 12.1 Å². The SMILES string of the molecule is Cl.O=C(O)c1ccc2c(ccn2CNCC2CCNCC2)c1. The lowest BCUT2D eigenvalue weighted by Crippen LogP contribution is -2.34. The quantitative estimate of drug-likeness (QED) is 0.790. The molecule has 1 saturated heterocycles. The van der Waals surface area contributed by atoms with Crippen LogP contribution in [0.5, 0.6) is 0 Å². The molecule has 0 unspecified atom stereocenters. The molecule has 0 amide bonds. The molecule has 3 rings (SSSR count). The van der Waals surface area contributed by atoms with Crippen LogP contribution in [0.1, 0.15) is 23.2 Å². The monoisotopic (exact) mass is 323 g/mol. The summed E-state index contributed by atoms with van der Waals surface area (Å²) in [7, 11) is 0. The standard InChI is InChI=1S/C16H21N3O2.ClH/c20-16(21)14-1-2-15-13(9-14)5-8-19(15)11-18-10-12-3-6-17-7-4-12;/h1-2,5,8-9,12,17-18H,3-4,6-7,10-11H2,(H,20,21);1H. The van der Waals surface area contributed by atoms with E-state index in [-0.39, 0.29) is 12.4 Å². The normalized spacial score (nSPS) is 15.6. The number of hydrogen-bond acceptors (Lipinski definition) is 3. The highest BCUT2D eigenvalue weighted by atomic mass is 35.5. The first-order valence-corrected chi connectivity index (χ1v) is 7.47. The lowest BCUT2D eigenvalue weighted by atomic mass is 9.98. The van der Waals surface area contributed by atoms with Gasteiger partial charge in [0.05, 0.1) is 12.2 Å². The van der Waals surface area contributed by atoms with Crippen LogP contribution < -0.4 is 10.6 Å². The van der Waals surface area contributed by atoms with Gasteiger partial charge in [-0.05, 0) is 62.7 Å². The molecule has 0 atom stereocenters. The Morgan fingerprint density at radius 2 is 2.09 bits per heavy atom. The van der Waals surface area contributed by atoms with Gasteiger partial charge in [-0.1, -0.05) is 0 Å². The summed E-state index contributed by atoms with van der Waals surface area (Å²) in [6.07, 6.45) is 4.48. The van der Waals surface area contributed by atoms with E-state index in [1.165, 1.54) is 12.8 Å². The molecule has 1 aliphatic heterocycles. The molecule has 2 heterocycles. The maximum absolute atomic E-state index is 11.0. The van der Waals surface area contributed by atoms with Crippen LogP contribution in [0.25, 0.3) is 10.9 Å². The first kappa shape index (κ1) is 16.8. The number of rotatable bonds is 5. The number of nitrogens with one attached hydrogen (secondary N) is 2. The summed E-state index contributed by atoms with van der Waals surface area (Å²) in [5, 5.41) is 16.9. The fourth-order valence-electron chi connectivity index (χ4n) is 2.95. The Labute approximate surface area is 136 Å². The molecule has 120 valence electrons. The van der Waals surface area contributed by atoms with Gasteiger partial charge < -0.3 is 15.0 Å². The van der Waals surface area contributed by atoms with E-state index >= 15 is 0 Å². The topological polar surface area (TPSA) is 66.3 Å². The summed E-state index contributed by atoms with van der Waals surface area (Å²) < 4.78 is 2.13. The molecule has 0 bridgehead atoms. The molecule has 3 N–H and O–H groups in total. The highest BCUT2D eigenvalue weighted by molar-refractivity contribution is 5.93. The summed E-state index contributed by atoms with van der Waals surface area (Å²) in [6, 6.07) is 7.23. The Hall–Kier alpha value is -1.56. The maximum Gasteiger partial charge on any atom is 0.335 e. The second-order valence-electron chi connectivity index (χ2n) is 5.67. The molecule has 2 aromatic rings. The Balaban J connectivity index is 0.00000176. The number of aromatic carboxylic acids is 1. The zero-order valence-electron chi connectivity index (χ0n) is 12.4. The summed E-state index contributed by atoms with van der Waals surface area (Å²) in [4.78, 5) is 11.0. The van der Waals surface area contributed by atoms with E-state index in [2.05, 4.69) is 15.2 Å². The molecular formula is C16H22ClN3O2. The zero-order valence-corrected chi connectivity index (χ0v) is 13.2. The van der Waals surface area contributed by atoms with E-state index in [9.17, 15) is 4.79 Å². The van der Waals surface area contributed by atoms with Gasteiger partial charge in [-0.25, -0.2) is 4.79 Å². The van der Waals surface area contributed by atoms with Crippen molar-refractivity contribution in [3.63, 3.8) is 0 Å². The lowest BCUT2D eigenvalue weighted by Gasteiger charge is -2.23. The molecule has 1 aliphatic rings. The lowest BCUT2D eigenvalue weighted by molar-refractivity contribution is 0.0697. The van der Waals surface area contributed by atoms with Gasteiger partial charge in [0.2, 0.25) is 0 Å².